The third kappa shape index (κ3) is 3.53. The Morgan fingerprint density at radius 2 is 2.00 bits per heavy atom. The molecule has 4 heteroatoms. The Morgan fingerprint density at radius 1 is 1.38 bits per heavy atom. The Balaban J connectivity index is 2.91. The Bertz CT molecular complexity index is 394. The number of hydrogen-bond acceptors (Lipinski definition) is 3. The van der Waals surface area contributed by atoms with E-state index in [-0.39, 0.29) is 11.1 Å². The van der Waals surface area contributed by atoms with E-state index < -0.39 is 4.92 Å². The molecule has 0 fully saturated rings. The predicted octanol–water partition coefficient (Wildman–Crippen LogP) is 3.33. The second kappa shape index (κ2) is 4.51. The van der Waals surface area contributed by atoms with Crippen LogP contribution in [0.5, 0.6) is 5.75 Å². The number of benzene rings is 1. The zero-order valence-electron chi connectivity index (χ0n) is 10.1. The molecule has 1 aromatic rings. The Morgan fingerprint density at radius 3 is 2.50 bits per heavy atom. The van der Waals surface area contributed by atoms with E-state index in [2.05, 4.69) is 0 Å². The first-order valence-electron chi connectivity index (χ1n) is 5.17. The molecular weight excluding hydrogens is 206 g/mol. The summed E-state index contributed by atoms with van der Waals surface area (Å²) in [5, 5.41) is 10.8. The van der Waals surface area contributed by atoms with Crippen molar-refractivity contribution in [3.63, 3.8) is 0 Å². The standard InChI is InChI=1S/C12H17NO3/c1-9-5-6-11(10(7-9)13(14)15)16-8-12(2,3)4/h5-7H,8H2,1-4H3. The van der Waals surface area contributed by atoms with Gasteiger partial charge in [0, 0.05) is 6.07 Å². The fourth-order valence-electron chi connectivity index (χ4n) is 1.19. The monoisotopic (exact) mass is 223 g/mol. The molecule has 0 atom stereocenters. The minimum atomic E-state index is -0.412. The van der Waals surface area contributed by atoms with Crippen LogP contribution in [0, 0.1) is 22.5 Å². The molecule has 0 radical (unpaired) electrons. The van der Waals surface area contributed by atoms with Gasteiger partial charge < -0.3 is 4.74 Å². The van der Waals surface area contributed by atoms with Gasteiger partial charge >= 0.3 is 5.69 Å². The van der Waals surface area contributed by atoms with E-state index in [0.29, 0.717) is 12.4 Å². The minimum absolute atomic E-state index is 0.0151. The van der Waals surface area contributed by atoms with Crippen molar-refractivity contribution in [3.8, 4) is 5.75 Å². The van der Waals surface area contributed by atoms with Gasteiger partial charge in [-0.25, -0.2) is 0 Å². The average molecular weight is 223 g/mol. The van der Waals surface area contributed by atoms with Crippen molar-refractivity contribution in [2.75, 3.05) is 6.61 Å². The third-order valence-corrected chi connectivity index (χ3v) is 1.97. The van der Waals surface area contributed by atoms with Gasteiger partial charge in [-0.05, 0) is 24.0 Å². The van der Waals surface area contributed by atoms with Gasteiger partial charge in [0.1, 0.15) is 0 Å². The van der Waals surface area contributed by atoms with Crippen LogP contribution in [0.15, 0.2) is 18.2 Å². The fourth-order valence-corrected chi connectivity index (χ4v) is 1.19. The molecule has 0 aliphatic heterocycles. The third-order valence-electron chi connectivity index (χ3n) is 1.97. The number of ether oxygens (including phenoxy) is 1. The number of aryl methyl sites for hydroxylation is 1. The van der Waals surface area contributed by atoms with Crippen LogP contribution in [-0.4, -0.2) is 11.5 Å². The summed E-state index contributed by atoms with van der Waals surface area (Å²) >= 11 is 0. The van der Waals surface area contributed by atoms with Crippen LogP contribution in [0.2, 0.25) is 0 Å². The van der Waals surface area contributed by atoms with Crippen molar-refractivity contribution in [2.45, 2.75) is 27.7 Å². The second-order valence-corrected chi connectivity index (χ2v) is 5.08. The Labute approximate surface area is 95.4 Å². The minimum Gasteiger partial charge on any atom is -0.486 e. The molecule has 0 spiro atoms. The van der Waals surface area contributed by atoms with Crippen LogP contribution in [0.3, 0.4) is 0 Å². The molecule has 0 aliphatic carbocycles. The highest BCUT2D eigenvalue weighted by atomic mass is 16.6. The van der Waals surface area contributed by atoms with Crippen LogP contribution >= 0.6 is 0 Å². The van der Waals surface area contributed by atoms with Crippen LogP contribution < -0.4 is 4.74 Å². The Hall–Kier alpha value is -1.58. The molecule has 1 rings (SSSR count). The molecule has 16 heavy (non-hydrogen) atoms. The van der Waals surface area contributed by atoms with E-state index in [0.717, 1.165) is 5.56 Å². The largest absolute Gasteiger partial charge is 0.486 e. The van der Waals surface area contributed by atoms with Gasteiger partial charge in [0.25, 0.3) is 0 Å². The molecular formula is C12H17NO3. The summed E-state index contributed by atoms with van der Waals surface area (Å²) in [4.78, 5) is 10.4. The molecule has 0 saturated heterocycles. The zero-order chi connectivity index (χ0) is 12.3. The van der Waals surface area contributed by atoms with E-state index in [1.807, 2.05) is 33.8 Å². The molecule has 88 valence electrons. The summed E-state index contributed by atoms with van der Waals surface area (Å²) < 4.78 is 5.48. The molecule has 0 aliphatic rings. The number of hydrogen-bond donors (Lipinski definition) is 0. The predicted molar refractivity (Wildman–Crippen MR) is 62.8 cm³/mol. The number of nitro benzene ring substituents is 1. The number of nitro groups is 1. The van der Waals surface area contributed by atoms with E-state index in [4.69, 9.17) is 4.74 Å². The lowest BCUT2D eigenvalue weighted by molar-refractivity contribution is -0.386. The molecule has 0 bridgehead atoms. The highest BCUT2D eigenvalue weighted by Gasteiger charge is 2.18. The van der Waals surface area contributed by atoms with Gasteiger partial charge in [-0.15, -0.1) is 0 Å². The van der Waals surface area contributed by atoms with Gasteiger partial charge in [-0.2, -0.15) is 0 Å². The molecule has 0 heterocycles. The SMILES string of the molecule is Cc1ccc(OCC(C)(C)C)c([N+](=O)[O-])c1. The van der Waals surface area contributed by atoms with Crippen molar-refractivity contribution in [3.05, 3.63) is 33.9 Å². The number of rotatable bonds is 3. The maximum Gasteiger partial charge on any atom is 0.311 e. The van der Waals surface area contributed by atoms with E-state index in [1.54, 1.807) is 6.07 Å². The summed E-state index contributed by atoms with van der Waals surface area (Å²) in [6.45, 7) is 8.34. The first kappa shape index (κ1) is 12.5. The molecule has 0 saturated carbocycles. The van der Waals surface area contributed by atoms with Crippen molar-refractivity contribution in [1.29, 1.82) is 0 Å². The highest BCUT2D eigenvalue weighted by molar-refractivity contribution is 5.48. The topological polar surface area (TPSA) is 52.4 Å². The summed E-state index contributed by atoms with van der Waals surface area (Å²) in [5.41, 5.74) is 0.873. The molecule has 0 amide bonds. The van der Waals surface area contributed by atoms with Gasteiger partial charge in [0.15, 0.2) is 5.75 Å². The van der Waals surface area contributed by atoms with Crippen molar-refractivity contribution >= 4 is 5.69 Å². The highest BCUT2D eigenvalue weighted by Crippen LogP contribution is 2.29. The number of nitrogens with zero attached hydrogens (tertiary/aromatic N) is 1. The lowest BCUT2D eigenvalue weighted by Gasteiger charge is -2.18. The van der Waals surface area contributed by atoms with E-state index in [9.17, 15) is 10.1 Å². The molecule has 0 unspecified atom stereocenters. The van der Waals surface area contributed by atoms with Crippen molar-refractivity contribution in [1.82, 2.24) is 0 Å². The first-order valence-corrected chi connectivity index (χ1v) is 5.17. The van der Waals surface area contributed by atoms with Crippen molar-refractivity contribution in [2.24, 2.45) is 5.41 Å². The summed E-state index contributed by atoms with van der Waals surface area (Å²) in [6, 6.07) is 4.99. The van der Waals surface area contributed by atoms with Crippen molar-refractivity contribution < 1.29 is 9.66 Å². The molecule has 1 aromatic carbocycles. The maximum absolute atomic E-state index is 10.8. The van der Waals surface area contributed by atoms with Gasteiger partial charge in [-0.1, -0.05) is 26.8 Å². The quantitative estimate of drug-likeness (QED) is 0.583. The smallest absolute Gasteiger partial charge is 0.311 e. The fraction of sp³-hybridized carbons (Fsp3) is 0.500. The lowest BCUT2D eigenvalue weighted by Crippen LogP contribution is -2.17. The molecule has 4 nitrogen and oxygen atoms in total. The van der Waals surface area contributed by atoms with E-state index >= 15 is 0 Å². The van der Waals surface area contributed by atoms with Crippen LogP contribution in [0.25, 0.3) is 0 Å². The van der Waals surface area contributed by atoms with Crippen LogP contribution in [-0.2, 0) is 0 Å². The van der Waals surface area contributed by atoms with Gasteiger partial charge in [0.2, 0.25) is 0 Å². The normalized spacial score (nSPS) is 11.2. The van der Waals surface area contributed by atoms with E-state index in [1.165, 1.54) is 6.07 Å². The summed E-state index contributed by atoms with van der Waals surface area (Å²) in [7, 11) is 0. The van der Waals surface area contributed by atoms with Gasteiger partial charge in [0.05, 0.1) is 11.5 Å². The molecule has 0 N–H and O–H groups in total. The molecule has 0 aromatic heterocycles. The zero-order valence-corrected chi connectivity index (χ0v) is 10.1. The average Bonchev–Trinajstić information content (AvgIpc) is 2.14. The maximum atomic E-state index is 10.8. The summed E-state index contributed by atoms with van der Waals surface area (Å²) in [5.74, 6) is 0.338. The van der Waals surface area contributed by atoms with Crippen LogP contribution in [0.4, 0.5) is 5.69 Å². The summed E-state index contributed by atoms with van der Waals surface area (Å²) in [6.07, 6.45) is 0. The lowest BCUT2D eigenvalue weighted by atomic mass is 9.99. The second-order valence-electron chi connectivity index (χ2n) is 5.08. The first-order chi connectivity index (χ1) is 7.29. The Kier molecular flexibility index (Phi) is 3.52. The van der Waals surface area contributed by atoms with Gasteiger partial charge in [-0.3, -0.25) is 10.1 Å². The van der Waals surface area contributed by atoms with Crippen LogP contribution in [0.1, 0.15) is 26.3 Å².